The average Bonchev–Trinajstić information content (AvgIpc) is 3.36. The largest absolute Gasteiger partial charge is 0.496 e. The number of benzene rings is 2. The topological polar surface area (TPSA) is 58.6 Å². The predicted octanol–water partition coefficient (Wildman–Crippen LogP) is 3.92. The molecule has 5 heteroatoms. The summed E-state index contributed by atoms with van der Waals surface area (Å²) in [6, 6.07) is 16.3. The number of carbonyl (C=O) groups is 2. The summed E-state index contributed by atoms with van der Waals surface area (Å²) in [7, 11) is 1.68. The van der Waals surface area contributed by atoms with E-state index in [2.05, 4.69) is 36.5 Å². The number of likely N-dealkylation sites (tertiary alicyclic amines) is 1. The van der Waals surface area contributed by atoms with Gasteiger partial charge < -0.3 is 15.0 Å². The minimum absolute atomic E-state index is 0.0583. The standard InChI is InChI=1S/C26H32N2O3/c1-4-27-25(30)26(13-14-28(17-26)24(29)22-15-18(22)2)16-19-9-11-20(12-10-19)21-7-5-6-8-23(21)31-3/h5-12,18,22H,4,13-17H2,1-3H3,(H,27,30)/t18-,22+,26-/m0/s1. The van der Waals surface area contributed by atoms with Crippen molar-refractivity contribution >= 4 is 11.8 Å². The van der Waals surface area contributed by atoms with Crippen LogP contribution < -0.4 is 10.1 Å². The zero-order valence-electron chi connectivity index (χ0n) is 18.7. The second-order valence-electron chi connectivity index (χ2n) is 9.04. The summed E-state index contributed by atoms with van der Waals surface area (Å²) in [5.74, 6) is 1.76. The Morgan fingerprint density at radius 2 is 1.87 bits per heavy atom. The molecule has 0 aromatic heterocycles. The summed E-state index contributed by atoms with van der Waals surface area (Å²) >= 11 is 0. The first-order valence-corrected chi connectivity index (χ1v) is 11.3. The fourth-order valence-corrected chi connectivity index (χ4v) is 4.80. The van der Waals surface area contributed by atoms with Crippen molar-refractivity contribution in [3.8, 4) is 16.9 Å². The van der Waals surface area contributed by atoms with Crippen molar-refractivity contribution < 1.29 is 14.3 Å². The molecule has 0 spiro atoms. The molecule has 1 heterocycles. The fourth-order valence-electron chi connectivity index (χ4n) is 4.80. The number of rotatable bonds is 7. The van der Waals surface area contributed by atoms with Gasteiger partial charge in [-0.05, 0) is 49.3 Å². The van der Waals surface area contributed by atoms with Gasteiger partial charge in [-0.3, -0.25) is 9.59 Å². The maximum atomic E-state index is 13.1. The Kier molecular flexibility index (Phi) is 6.03. The molecule has 2 aliphatic rings. The van der Waals surface area contributed by atoms with E-state index >= 15 is 0 Å². The lowest BCUT2D eigenvalue weighted by atomic mass is 9.79. The molecule has 0 bridgehead atoms. The summed E-state index contributed by atoms with van der Waals surface area (Å²) in [6.45, 7) is 5.84. The molecule has 3 atom stereocenters. The predicted molar refractivity (Wildman–Crippen MR) is 122 cm³/mol. The third-order valence-electron chi connectivity index (χ3n) is 6.83. The van der Waals surface area contributed by atoms with Crippen LogP contribution in [-0.4, -0.2) is 43.5 Å². The van der Waals surface area contributed by atoms with Crippen molar-refractivity contribution in [3.05, 3.63) is 54.1 Å². The van der Waals surface area contributed by atoms with Crippen LogP contribution in [0.5, 0.6) is 5.75 Å². The number of nitrogens with one attached hydrogen (secondary N) is 1. The lowest BCUT2D eigenvalue weighted by molar-refractivity contribution is -0.134. The first kappa shape index (κ1) is 21.4. The van der Waals surface area contributed by atoms with Crippen LogP contribution >= 0.6 is 0 Å². The molecule has 4 rings (SSSR count). The number of para-hydroxylation sites is 1. The van der Waals surface area contributed by atoms with Crippen LogP contribution in [0.3, 0.4) is 0 Å². The van der Waals surface area contributed by atoms with Crippen LogP contribution in [-0.2, 0) is 16.0 Å². The van der Waals surface area contributed by atoms with Crippen molar-refractivity contribution in [2.24, 2.45) is 17.3 Å². The molecule has 31 heavy (non-hydrogen) atoms. The lowest BCUT2D eigenvalue weighted by Gasteiger charge is -2.28. The number of amides is 2. The van der Waals surface area contributed by atoms with E-state index in [1.807, 2.05) is 36.1 Å². The van der Waals surface area contributed by atoms with Gasteiger partial charge in [0.05, 0.1) is 12.5 Å². The van der Waals surface area contributed by atoms with Gasteiger partial charge in [-0.2, -0.15) is 0 Å². The minimum Gasteiger partial charge on any atom is -0.496 e. The lowest BCUT2D eigenvalue weighted by Crippen LogP contribution is -2.45. The molecular formula is C26H32N2O3. The molecule has 1 aliphatic carbocycles. The van der Waals surface area contributed by atoms with Crippen LogP contribution in [0.1, 0.15) is 32.3 Å². The third-order valence-corrected chi connectivity index (χ3v) is 6.83. The van der Waals surface area contributed by atoms with Gasteiger partial charge in [-0.15, -0.1) is 0 Å². The number of hydrogen-bond acceptors (Lipinski definition) is 3. The van der Waals surface area contributed by atoms with Crippen LogP contribution in [0, 0.1) is 17.3 Å². The molecule has 1 saturated heterocycles. The van der Waals surface area contributed by atoms with E-state index in [9.17, 15) is 9.59 Å². The summed E-state index contributed by atoms with van der Waals surface area (Å²) in [6.07, 6.45) is 2.32. The minimum atomic E-state index is -0.560. The SMILES string of the molecule is CCNC(=O)[C@]1(Cc2ccc(-c3ccccc3OC)cc2)CCN(C(=O)[C@@H]2C[C@@H]2C)C1. The summed E-state index contributed by atoms with van der Waals surface area (Å²) in [4.78, 5) is 27.8. The van der Waals surface area contributed by atoms with Gasteiger partial charge >= 0.3 is 0 Å². The second kappa shape index (κ2) is 8.74. The highest BCUT2D eigenvalue weighted by Gasteiger charge is 2.49. The van der Waals surface area contributed by atoms with Gasteiger partial charge in [0.25, 0.3) is 0 Å². The Bertz CT molecular complexity index is 955. The number of methoxy groups -OCH3 is 1. The monoisotopic (exact) mass is 420 g/mol. The van der Waals surface area contributed by atoms with Gasteiger partial charge in [0.2, 0.25) is 11.8 Å². The number of nitrogens with zero attached hydrogens (tertiary/aromatic N) is 1. The van der Waals surface area contributed by atoms with E-state index in [-0.39, 0.29) is 17.7 Å². The Labute approximate surface area is 184 Å². The molecule has 0 radical (unpaired) electrons. The molecule has 2 aromatic carbocycles. The highest BCUT2D eigenvalue weighted by molar-refractivity contribution is 5.87. The van der Waals surface area contributed by atoms with Gasteiger partial charge in [0.1, 0.15) is 5.75 Å². The number of hydrogen-bond donors (Lipinski definition) is 1. The smallest absolute Gasteiger partial charge is 0.228 e. The first-order chi connectivity index (χ1) is 15.0. The molecule has 2 fully saturated rings. The molecule has 1 aliphatic heterocycles. The van der Waals surface area contributed by atoms with E-state index in [1.54, 1.807) is 7.11 Å². The Balaban J connectivity index is 1.54. The Hall–Kier alpha value is -2.82. The van der Waals surface area contributed by atoms with E-state index in [4.69, 9.17) is 4.74 Å². The number of carbonyl (C=O) groups excluding carboxylic acids is 2. The van der Waals surface area contributed by atoms with Crippen LogP contribution in [0.2, 0.25) is 0 Å². The van der Waals surface area contributed by atoms with Crippen molar-refractivity contribution in [3.63, 3.8) is 0 Å². The molecule has 2 amide bonds. The summed E-state index contributed by atoms with van der Waals surface area (Å²) in [5, 5.41) is 3.02. The van der Waals surface area contributed by atoms with Crippen molar-refractivity contribution in [2.45, 2.75) is 33.1 Å². The van der Waals surface area contributed by atoms with Gasteiger partial charge in [0, 0.05) is 31.1 Å². The van der Waals surface area contributed by atoms with E-state index in [1.165, 1.54) is 0 Å². The molecule has 1 saturated carbocycles. The highest BCUT2D eigenvalue weighted by atomic mass is 16.5. The van der Waals surface area contributed by atoms with Gasteiger partial charge in [0.15, 0.2) is 0 Å². The van der Waals surface area contributed by atoms with Gasteiger partial charge in [-0.25, -0.2) is 0 Å². The fraction of sp³-hybridized carbons (Fsp3) is 0.462. The molecule has 2 aromatic rings. The highest BCUT2D eigenvalue weighted by Crippen LogP contribution is 2.42. The maximum absolute atomic E-state index is 13.1. The van der Waals surface area contributed by atoms with Crippen molar-refractivity contribution in [1.82, 2.24) is 10.2 Å². The van der Waals surface area contributed by atoms with E-state index in [0.29, 0.717) is 38.4 Å². The van der Waals surface area contributed by atoms with Gasteiger partial charge in [-0.1, -0.05) is 49.4 Å². The van der Waals surface area contributed by atoms with Crippen LogP contribution in [0.15, 0.2) is 48.5 Å². The summed E-state index contributed by atoms with van der Waals surface area (Å²) in [5.41, 5.74) is 2.68. The maximum Gasteiger partial charge on any atom is 0.228 e. The molecule has 5 nitrogen and oxygen atoms in total. The second-order valence-corrected chi connectivity index (χ2v) is 9.04. The normalized spacial score (nSPS) is 24.7. The zero-order chi connectivity index (χ0) is 22.0. The van der Waals surface area contributed by atoms with Crippen molar-refractivity contribution in [2.75, 3.05) is 26.7 Å². The quantitative estimate of drug-likeness (QED) is 0.739. The van der Waals surface area contributed by atoms with E-state index < -0.39 is 5.41 Å². The molecular weight excluding hydrogens is 388 g/mol. The molecule has 1 N–H and O–H groups in total. The zero-order valence-corrected chi connectivity index (χ0v) is 18.7. The molecule has 164 valence electrons. The van der Waals surface area contributed by atoms with Crippen molar-refractivity contribution in [1.29, 1.82) is 0 Å². The Morgan fingerprint density at radius 1 is 1.16 bits per heavy atom. The first-order valence-electron chi connectivity index (χ1n) is 11.3. The van der Waals surface area contributed by atoms with Crippen LogP contribution in [0.4, 0.5) is 0 Å². The number of ether oxygens (including phenoxy) is 1. The molecule has 0 unspecified atom stereocenters. The average molecular weight is 421 g/mol. The summed E-state index contributed by atoms with van der Waals surface area (Å²) < 4.78 is 5.49. The van der Waals surface area contributed by atoms with E-state index in [0.717, 1.165) is 28.9 Å². The van der Waals surface area contributed by atoms with Crippen LogP contribution in [0.25, 0.3) is 11.1 Å². The Morgan fingerprint density at radius 3 is 2.52 bits per heavy atom. The third kappa shape index (κ3) is 4.32.